The van der Waals surface area contributed by atoms with Crippen molar-refractivity contribution in [3.05, 3.63) is 95.1 Å². The Balaban J connectivity index is 1.50. The van der Waals surface area contributed by atoms with Gasteiger partial charge in [-0.1, -0.05) is 0 Å². The second-order valence-electron chi connectivity index (χ2n) is 12.6. The first-order chi connectivity index (χ1) is 18.8. The van der Waals surface area contributed by atoms with Gasteiger partial charge in [0.2, 0.25) is 0 Å². The standard InChI is InChI=1S/C32H30Ge2N2O4/c1-33(2,3)19-9-7-11-21(17-19)35-29(37)23-13-15-25-28-26(16-14-24(27(23)28)30(35)38)32(40)36(31(25)39)22-12-8-10-20(18-22)34(4,5)6/h7-18H,1-6H3. The molecule has 0 N–H and O–H groups in total. The number of nitrogens with zero attached hydrogens (tertiary/aromatic N) is 2. The van der Waals surface area contributed by atoms with Crippen LogP contribution in [0.2, 0.25) is 34.5 Å². The van der Waals surface area contributed by atoms with Crippen molar-refractivity contribution in [3.63, 3.8) is 0 Å². The van der Waals surface area contributed by atoms with E-state index in [9.17, 15) is 19.2 Å². The van der Waals surface area contributed by atoms with Crippen molar-refractivity contribution in [1.29, 1.82) is 0 Å². The molecule has 200 valence electrons. The van der Waals surface area contributed by atoms with E-state index >= 15 is 0 Å². The third kappa shape index (κ3) is 3.99. The van der Waals surface area contributed by atoms with Crippen LogP contribution in [0.5, 0.6) is 0 Å². The number of imide groups is 2. The molecular formula is C32H30Ge2N2O4. The van der Waals surface area contributed by atoms with Crippen molar-refractivity contribution in [2.45, 2.75) is 34.5 Å². The van der Waals surface area contributed by atoms with Crippen LogP contribution in [0, 0.1) is 0 Å². The molecule has 6 rings (SSSR count). The zero-order chi connectivity index (χ0) is 28.7. The molecule has 2 aliphatic heterocycles. The Morgan fingerprint density at radius 3 is 1.02 bits per heavy atom. The molecule has 0 atom stereocenters. The van der Waals surface area contributed by atoms with Gasteiger partial charge < -0.3 is 0 Å². The van der Waals surface area contributed by atoms with Crippen molar-refractivity contribution < 1.29 is 19.2 Å². The molecule has 8 heteroatoms. The topological polar surface area (TPSA) is 74.8 Å². The van der Waals surface area contributed by atoms with Gasteiger partial charge in [-0.15, -0.1) is 0 Å². The van der Waals surface area contributed by atoms with Gasteiger partial charge in [-0.25, -0.2) is 0 Å². The van der Waals surface area contributed by atoms with E-state index in [1.54, 1.807) is 36.4 Å². The zero-order valence-corrected chi connectivity index (χ0v) is 27.7. The quantitative estimate of drug-likeness (QED) is 0.215. The molecular weight excluding hydrogens is 622 g/mol. The van der Waals surface area contributed by atoms with Crippen molar-refractivity contribution in [1.82, 2.24) is 0 Å². The summed E-state index contributed by atoms with van der Waals surface area (Å²) in [5, 5.41) is 0.761. The Morgan fingerprint density at radius 2 is 0.750 bits per heavy atom. The monoisotopic (exact) mass is 654 g/mol. The summed E-state index contributed by atoms with van der Waals surface area (Å²) in [7, 11) is 0. The molecule has 0 aromatic heterocycles. The van der Waals surface area contributed by atoms with Crippen LogP contribution in [0.25, 0.3) is 10.8 Å². The van der Waals surface area contributed by atoms with E-state index in [-0.39, 0.29) is 0 Å². The van der Waals surface area contributed by atoms with Crippen LogP contribution >= 0.6 is 0 Å². The minimum atomic E-state index is -2.23. The molecule has 0 unspecified atom stereocenters. The number of anilines is 2. The second kappa shape index (κ2) is 9.01. The van der Waals surface area contributed by atoms with Gasteiger partial charge in [0.1, 0.15) is 0 Å². The van der Waals surface area contributed by atoms with Gasteiger partial charge in [-0.2, -0.15) is 0 Å². The van der Waals surface area contributed by atoms with E-state index in [0.717, 1.165) is 0 Å². The molecule has 40 heavy (non-hydrogen) atoms. The SMILES string of the molecule is [CH3][Ge]([CH3])([CH3])[c]1cccc(N2C(=O)c3ccc4c5c(ccc(c35)C2=O)C(=O)N(c2ccc[c]([Ge]([CH3])([CH3])[CH3])c2)C4=O)c1. The van der Waals surface area contributed by atoms with Gasteiger partial charge in [0.25, 0.3) is 0 Å². The third-order valence-electron chi connectivity index (χ3n) is 7.84. The van der Waals surface area contributed by atoms with E-state index < -0.39 is 50.2 Å². The average Bonchev–Trinajstić information content (AvgIpc) is 2.90. The fraction of sp³-hybridized carbons (Fsp3) is 0.188. The van der Waals surface area contributed by atoms with Crippen LogP contribution < -0.4 is 18.6 Å². The molecule has 4 aromatic carbocycles. The molecule has 0 fully saturated rings. The number of amides is 4. The molecule has 0 bridgehead atoms. The van der Waals surface area contributed by atoms with Gasteiger partial charge in [0.05, 0.1) is 0 Å². The van der Waals surface area contributed by atoms with Crippen LogP contribution in [-0.2, 0) is 0 Å². The molecule has 4 aromatic rings. The Morgan fingerprint density at radius 1 is 0.450 bits per heavy atom. The van der Waals surface area contributed by atoms with Crippen LogP contribution in [0.15, 0.2) is 72.8 Å². The number of carbonyl (C=O) groups is 4. The van der Waals surface area contributed by atoms with Gasteiger partial charge in [0, 0.05) is 0 Å². The minimum absolute atomic E-state index is 0.315. The summed E-state index contributed by atoms with van der Waals surface area (Å²) < 4.78 is 2.37. The van der Waals surface area contributed by atoms with E-state index in [0.29, 0.717) is 44.4 Å². The molecule has 0 radical (unpaired) electrons. The number of carbonyl (C=O) groups excluding carboxylic acids is 4. The summed E-state index contributed by atoms with van der Waals surface area (Å²) in [4.78, 5) is 57.8. The summed E-state index contributed by atoms with van der Waals surface area (Å²) in [6.07, 6.45) is 0. The molecule has 0 saturated heterocycles. The first-order valence-corrected chi connectivity index (χ1v) is 28.1. The van der Waals surface area contributed by atoms with Gasteiger partial charge >= 0.3 is 240 Å². The van der Waals surface area contributed by atoms with Crippen LogP contribution in [-0.4, -0.2) is 50.2 Å². The first kappa shape index (κ1) is 26.7. The molecule has 4 amide bonds. The predicted molar refractivity (Wildman–Crippen MR) is 165 cm³/mol. The Kier molecular flexibility index (Phi) is 6.02. The summed E-state index contributed by atoms with van der Waals surface area (Å²) >= 11 is -4.46. The first-order valence-electron chi connectivity index (χ1n) is 13.4. The third-order valence-corrected chi connectivity index (χ3v) is 16.4. The van der Waals surface area contributed by atoms with E-state index in [1.807, 2.05) is 24.3 Å². The maximum absolute atomic E-state index is 13.8. The molecule has 0 spiro atoms. The summed E-state index contributed by atoms with van der Waals surface area (Å²) in [5.41, 5.74) is 2.33. The van der Waals surface area contributed by atoms with Gasteiger partial charge in [0.15, 0.2) is 0 Å². The fourth-order valence-electron chi connectivity index (χ4n) is 5.57. The molecule has 6 nitrogen and oxygen atoms in total. The summed E-state index contributed by atoms with van der Waals surface area (Å²) in [5.74, 6) is 11.7. The normalized spacial score (nSPS) is 15.3. The Bertz CT molecular complexity index is 1610. The Hall–Kier alpha value is -3.49. The van der Waals surface area contributed by atoms with E-state index in [2.05, 4.69) is 46.7 Å². The second-order valence-corrected chi connectivity index (χ2v) is 33.9. The maximum atomic E-state index is 13.8. The van der Waals surface area contributed by atoms with Crippen LogP contribution in [0.1, 0.15) is 41.4 Å². The van der Waals surface area contributed by atoms with Crippen molar-refractivity contribution in [2.24, 2.45) is 0 Å². The number of hydrogen-bond donors (Lipinski definition) is 0. The number of benzene rings is 4. The van der Waals surface area contributed by atoms with Gasteiger partial charge in [-0.3, -0.25) is 0 Å². The summed E-state index contributed by atoms with van der Waals surface area (Å²) in [6.45, 7) is 0. The average molecular weight is 652 g/mol. The van der Waals surface area contributed by atoms with Crippen molar-refractivity contribution >= 4 is 81.1 Å². The van der Waals surface area contributed by atoms with Gasteiger partial charge in [-0.05, 0) is 0 Å². The Labute approximate surface area is 238 Å². The van der Waals surface area contributed by atoms with Crippen molar-refractivity contribution in [3.8, 4) is 0 Å². The molecule has 0 saturated carbocycles. The zero-order valence-electron chi connectivity index (χ0n) is 23.5. The summed E-state index contributed by atoms with van der Waals surface area (Å²) in [6, 6.07) is 21.8. The fourth-order valence-corrected chi connectivity index (χ4v) is 10.5. The molecule has 2 aliphatic rings. The molecule has 0 aliphatic carbocycles. The van der Waals surface area contributed by atoms with E-state index in [4.69, 9.17) is 0 Å². The number of hydrogen-bond acceptors (Lipinski definition) is 4. The van der Waals surface area contributed by atoms with E-state index in [1.165, 1.54) is 18.6 Å². The predicted octanol–water partition coefficient (Wildman–Crippen LogP) is 5.53. The van der Waals surface area contributed by atoms with Crippen LogP contribution in [0.4, 0.5) is 11.4 Å². The molecule has 2 heterocycles. The van der Waals surface area contributed by atoms with Crippen molar-refractivity contribution in [2.75, 3.05) is 9.80 Å². The number of rotatable bonds is 4. The van der Waals surface area contributed by atoms with Crippen LogP contribution in [0.3, 0.4) is 0 Å².